The van der Waals surface area contributed by atoms with E-state index in [-0.39, 0.29) is 4.90 Å². The van der Waals surface area contributed by atoms with Crippen molar-refractivity contribution < 1.29 is 12.4 Å². The van der Waals surface area contributed by atoms with Gasteiger partial charge in [0.15, 0.2) is 0 Å². The van der Waals surface area contributed by atoms with Crippen molar-refractivity contribution in [2.24, 2.45) is 0 Å². The van der Waals surface area contributed by atoms with Gasteiger partial charge in [0.05, 0.1) is 4.90 Å². The van der Waals surface area contributed by atoms with Crippen LogP contribution in [0.3, 0.4) is 0 Å². The Balaban J connectivity index is 1.99. The molecular weight excluding hydrogens is 339 g/mol. The summed E-state index contributed by atoms with van der Waals surface area (Å²) < 4.78 is 31.1. The second-order valence-electron chi connectivity index (χ2n) is 5.31. The van der Waals surface area contributed by atoms with Crippen LogP contribution in [0.5, 0.6) is 0 Å². The lowest BCUT2D eigenvalue weighted by Gasteiger charge is -2.18. The zero-order valence-corrected chi connectivity index (χ0v) is 14.9. The summed E-state index contributed by atoms with van der Waals surface area (Å²) in [6, 6.07) is 25.6. The lowest BCUT2D eigenvalue weighted by molar-refractivity contribution is 0.513. The molecule has 122 valence electrons. The first-order chi connectivity index (χ1) is 11.6. The lowest BCUT2D eigenvalue weighted by Crippen LogP contribution is -2.17. The minimum atomic E-state index is -3.84. The Hall–Kier alpha value is -2.00. The Labute approximate surface area is 143 Å². The average molecular weight is 356 g/mol. The third-order valence-electron chi connectivity index (χ3n) is 3.46. The summed E-state index contributed by atoms with van der Waals surface area (Å²) >= 11 is 0. The highest BCUT2D eigenvalue weighted by molar-refractivity contribution is 7.93. The fourth-order valence-corrected chi connectivity index (χ4v) is 5.68. The monoisotopic (exact) mass is 356 g/mol. The molecule has 3 aromatic rings. The predicted octanol–water partition coefficient (Wildman–Crippen LogP) is 3.75. The van der Waals surface area contributed by atoms with Crippen LogP contribution in [0.25, 0.3) is 0 Å². The third-order valence-corrected chi connectivity index (χ3v) is 7.23. The SMILES string of the molecule is Cc1ccc(S(=O)(=O)OP(c2ccccc2)c2ccccc2)cc1. The molecule has 3 nitrogen and oxygen atoms in total. The van der Waals surface area contributed by atoms with Crippen molar-refractivity contribution >= 4 is 28.9 Å². The molecule has 24 heavy (non-hydrogen) atoms. The smallest absolute Gasteiger partial charge is 0.234 e. The van der Waals surface area contributed by atoms with Gasteiger partial charge in [0.2, 0.25) is 0 Å². The molecule has 0 aliphatic rings. The Bertz CT molecular complexity index is 853. The molecule has 0 unspecified atom stereocenters. The van der Waals surface area contributed by atoms with Crippen molar-refractivity contribution in [2.45, 2.75) is 11.8 Å². The van der Waals surface area contributed by atoms with E-state index in [1.165, 1.54) is 0 Å². The molecule has 5 heteroatoms. The van der Waals surface area contributed by atoms with E-state index in [2.05, 4.69) is 0 Å². The molecule has 3 rings (SSSR count). The molecule has 0 N–H and O–H groups in total. The number of hydrogen-bond donors (Lipinski definition) is 0. The summed E-state index contributed by atoms with van der Waals surface area (Å²) in [7, 11) is -5.30. The molecule has 0 saturated heterocycles. The van der Waals surface area contributed by atoms with Crippen LogP contribution in [0.4, 0.5) is 0 Å². The topological polar surface area (TPSA) is 43.4 Å². The number of hydrogen-bond acceptors (Lipinski definition) is 3. The summed E-state index contributed by atoms with van der Waals surface area (Å²) in [6.45, 7) is 1.91. The zero-order chi connectivity index (χ0) is 17.0. The summed E-state index contributed by atoms with van der Waals surface area (Å²) in [6.07, 6.45) is 0. The molecule has 0 atom stereocenters. The van der Waals surface area contributed by atoms with E-state index in [1.807, 2.05) is 67.6 Å². The van der Waals surface area contributed by atoms with Gasteiger partial charge in [0.1, 0.15) is 8.15 Å². The van der Waals surface area contributed by atoms with Crippen LogP contribution in [0.1, 0.15) is 5.56 Å². The van der Waals surface area contributed by atoms with Crippen molar-refractivity contribution in [3.05, 3.63) is 90.5 Å². The van der Waals surface area contributed by atoms with E-state index in [0.717, 1.165) is 16.2 Å². The van der Waals surface area contributed by atoms with Crippen molar-refractivity contribution in [2.75, 3.05) is 0 Å². The summed E-state index contributed by atoms with van der Waals surface area (Å²) in [4.78, 5) is 0.174. The van der Waals surface area contributed by atoms with Crippen LogP contribution in [0.15, 0.2) is 89.8 Å². The van der Waals surface area contributed by atoms with Gasteiger partial charge in [0, 0.05) is 10.6 Å². The van der Waals surface area contributed by atoms with Crippen LogP contribution in [-0.2, 0) is 14.1 Å². The maximum Gasteiger partial charge on any atom is 0.300 e. The number of aryl methyl sites for hydroxylation is 1. The molecular formula is C19H17O3PS. The van der Waals surface area contributed by atoms with Crippen molar-refractivity contribution in [3.8, 4) is 0 Å². The summed E-state index contributed by atoms with van der Waals surface area (Å²) in [5.41, 5.74) is 1.00. The largest absolute Gasteiger partial charge is 0.300 e. The zero-order valence-electron chi connectivity index (χ0n) is 13.2. The van der Waals surface area contributed by atoms with Gasteiger partial charge >= 0.3 is 10.1 Å². The second-order valence-corrected chi connectivity index (χ2v) is 8.90. The van der Waals surface area contributed by atoms with E-state index >= 15 is 0 Å². The van der Waals surface area contributed by atoms with Crippen molar-refractivity contribution in [1.29, 1.82) is 0 Å². The van der Waals surface area contributed by atoms with Crippen LogP contribution in [0.2, 0.25) is 0 Å². The van der Waals surface area contributed by atoms with Gasteiger partial charge in [0.25, 0.3) is 0 Å². The third kappa shape index (κ3) is 3.90. The van der Waals surface area contributed by atoms with Gasteiger partial charge in [-0.05, 0) is 19.1 Å². The van der Waals surface area contributed by atoms with Gasteiger partial charge < -0.3 is 0 Å². The molecule has 0 aliphatic heterocycles. The van der Waals surface area contributed by atoms with E-state index in [9.17, 15) is 8.42 Å². The molecule has 0 saturated carbocycles. The maximum absolute atomic E-state index is 12.7. The molecule has 0 amide bonds. The normalized spacial score (nSPS) is 11.6. The van der Waals surface area contributed by atoms with Gasteiger partial charge in [-0.2, -0.15) is 8.42 Å². The fraction of sp³-hybridized carbons (Fsp3) is 0.0526. The first-order valence-corrected chi connectivity index (χ1v) is 10.1. The van der Waals surface area contributed by atoms with Gasteiger partial charge in [-0.15, -0.1) is 0 Å². The quantitative estimate of drug-likeness (QED) is 0.654. The van der Waals surface area contributed by atoms with Crippen molar-refractivity contribution in [3.63, 3.8) is 0 Å². The Morgan fingerprint density at radius 3 is 1.62 bits per heavy atom. The van der Waals surface area contributed by atoms with Gasteiger partial charge in [-0.25, -0.2) is 3.97 Å². The van der Waals surface area contributed by atoms with Gasteiger partial charge in [-0.1, -0.05) is 78.4 Å². The minimum Gasteiger partial charge on any atom is -0.234 e. The minimum absolute atomic E-state index is 0.174. The van der Waals surface area contributed by atoms with Crippen LogP contribution >= 0.6 is 8.15 Å². The predicted molar refractivity (Wildman–Crippen MR) is 98.5 cm³/mol. The molecule has 0 radical (unpaired) electrons. The average Bonchev–Trinajstić information content (AvgIpc) is 2.62. The standard InChI is InChI=1S/C19H17O3PS/c1-16-12-14-19(15-13-16)24(20,21)22-23(17-8-4-2-5-9-17)18-10-6-3-7-11-18/h2-15H,1H3. The lowest BCUT2D eigenvalue weighted by atomic mass is 10.2. The van der Waals surface area contributed by atoms with Gasteiger partial charge in [-0.3, -0.25) is 0 Å². The number of rotatable bonds is 5. The van der Waals surface area contributed by atoms with E-state index in [4.69, 9.17) is 3.97 Å². The highest BCUT2D eigenvalue weighted by atomic mass is 32.2. The Morgan fingerprint density at radius 2 is 1.17 bits per heavy atom. The molecule has 0 aliphatic carbocycles. The fourth-order valence-electron chi connectivity index (χ4n) is 2.21. The van der Waals surface area contributed by atoms with E-state index in [1.54, 1.807) is 24.3 Å². The van der Waals surface area contributed by atoms with Crippen LogP contribution in [-0.4, -0.2) is 8.42 Å². The number of benzene rings is 3. The second kappa shape index (κ2) is 7.27. The van der Waals surface area contributed by atoms with Crippen LogP contribution in [0, 0.1) is 6.92 Å². The van der Waals surface area contributed by atoms with Crippen LogP contribution < -0.4 is 10.6 Å². The van der Waals surface area contributed by atoms with E-state index < -0.39 is 18.3 Å². The molecule has 0 fully saturated rings. The molecule has 3 aromatic carbocycles. The van der Waals surface area contributed by atoms with Crippen molar-refractivity contribution in [1.82, 2.24) is 0 Å². The molecule has 0 spiro atoms. The summed E-state index contributed by atoms with van der Waals surface area (Å²) in [5.74, 6) is 0. The van der Waals surface area contributed by atoms with E-state index in [0.29, 0.717) is 0 Å². The highest BCUT2D eigenvalue weighted by Crippen LogP contribution is 2.38. The first-order valence-electron chi connectivity index (χ1n) is 7.48. The highest BCUT2D eigenvalue weighted by Gasteiger charge is 2.24. The Kier molecular flexibility index (Phi) is 5.10. The molecule has 0 aromatic heterocycles. The molecule has 0 bridgehead atoms. The first kappa shape index (κ1) is 16.8. The maximum atomic E-state index is 12.7. The Morgan fingerprint density at radius 1 is 0.708 bits per heavy atom. The summed E-state index contributed by atoms with van der Waals surface area (Å²) in [5, 5.41) is 1.71. The molecule has 0 heterocycles.